The Morgan fingerprint density at radius 3 is 2.41 bits per heavy atom. The van der Waals surface area contributed by atoms with Crippen molar-refractivity contribution in [3.63, 3.8) is 0 Å². The molecule has 4 saturated heterocycles. The van der Waals surface area contributed by atoms with Crippen LogP contribution in [0, 0.1) is 0 Å². The topological polar surface area (TPSA) is 152 Å². The molecule has 2 unspecified atom stereocenters. The highest BCUT2D eigenvalue weighted by Crippen LogP contribution is 2.49. The Bertz CT molecular complexity index is 1560. The average Bonchev–Trinajstić information content (AvgIpc) is 3.78. The van der Waals surface area contributed by atoms with Crippen LogP contribution in [0.4, 0.5) is 5.69 Å². The van der Waals surface area contributed by atoms with E-state index in [9.17, 15) is 19.2 Å². The molecule has 4 amide bonds. The highest BCUT2D eigenvalue weighted by atomic mass is 16.5. The van der Waals surface area contributed by atoms with Crippen molar-refractivity contribution < 1.29 is 28.7 Å². The molecule has 0 radical (unpaired) electrons. The van der Waals surface area contributed by atoms with Gasteiger partial charge in [0, 0.05) is 57.9 Å². The molecule has 5 fully saturated rings. The van der Waals surface area contributed by atoms with Crippen LogP contribution in [0.5, 0.6) is 0 Å². The number of ether oxygens (including phenoxy) is 2. The van der Waals surface area contributed by atoms with Gasteiger partial charge in [0.15, 0.2) is 5.82 Å². The number of aromatic nitrogens is 4. The van der Waals surface area contributed by atoms with Gasteiger partial charge in [-0.25, -0.2) is 4.68 Å². The average molecular weight is 633 g/mol. The van der Waals surface area contributed by atoms with E-state index in [1.54, 1.807) is 12.1 Å². The Balaban J connectivity index is 1.03. The molecule has 2 atom stereocenters. The molecule has 1 N–H and O–H groups in total. The lowest BCUT2D eigenvalue weighted by Crippen LogP contribution is -2.57. The summed E-state index contributed by atoms with van der Waals surface area (Å²) in [5, 5.41) is 15.7. The number of fused-ring (bicyclic) bond motifs is 1. The summed E-state index contributed by atoms with van der Waals surface area (Å²) in [6.45, 7) is 4.84. The number of hydrogen-bond acceptors (Lipinski definition) is 11. The standard InChI is InChI=1S/C32H40N8O6/c41-26-9-8-25(27(42)33-26)39-28(43)23-7-6-22(18-24(23)29(39)44)37-12-14-38(15-13-37)32(19-31(46-20-32)10-16-45-17-11-31)30-34-35-36-40(30)21-4-2-1-3-5-21/h6-7,18,21,25H,1-5,8-17,19-20H2,(H,33,41,42). The molecule has 1 aliphatic carbocycles. The van der Waals surface area contributed by atoms with Crippen molar-refractivity contribution in [1.82, 2.24) is 35.3 Å². The first-order chi connectivity index (χ1) is 22.4. The SMILES string of the molecule is O=C1CCC(N2C(=O)c3ccc(N4CCN(C5(c6nnnn6C6CCCCC6)COC6(CCOCC6)C5)CC4)cc3C2=O)C(=O)N1. The number of rotatable bonds is 5. The fourth-order valence-corrected chi connectivity index (χ4v) is 8.58. The van der Waals surface area contributed by atoms with Crippen LogP contribution in [0.25, 0.3) is 0 Å². The number of anilines is 1. The Morgan fingerprint density at radius 1 is 0.891 bits per heavy atom. The lowest BCUT2D eigenvalue weighted by Gasteiger charge is -2.46. The number of imide groups is 2. The fourth-order valence-electron chi connectivity index (χ4n) is 8.58. The van der Waals surface area contributed by atoms with E-state index in [1.165, 1.54) is 19.3 Å². The second kappa shape index (κ2) is 11.5. The van der Waals surface area contributed by atoms with Gasteiger partial charge < -0.3 is 14.4 Å². The van der Waals surface area contributed by atoms with E-state index in [-0.39, 0.29) is 24.0 Å². The van der Waals surface area contributed by atoms with E-state index < -0.39 is 35.2 Å². The monoisotopic (exact) mass is 632 g/mol. The number of carbonyl (C=O) groups excluding carboxylic acids is 4. The summed E-state index contributed by atoms with van der Waals surface area (Å²) in [7, 11) is 0. The van der Waals surface area contributed by atoms with Gasteiger partial charge in [-0.2, -0.15) is 0 Å². The second-order valence-corrected chi connectivity index (χ2v) is 13.7. The Kier molecular flexibility index (Phi) is 7.41. The smallest absolute Gasteiger partial charge is 0.262 e. The van der Waals surface area contributed by atoms with E-state index in [0.29, 0.717) is 44.5 Å². The van der Waals surface area contributed by atoms with Gasteiger partial charge in [0.25, 0.3) is 11.8 Å². The minimum absolute atomic E-state index is 0.0911. The van der Waals surface area contributed by atoms with Crippen LogP contribution in [-0.2, 0) is 24.6 Å². The minimum atomic E-state index is -0.980. The number of nitrogens with one attached hydrogen (secondary N) is 1. The van der Waals surface area contributed by atoms with Crippen LogP contribution in [0.2, 0.25) is 0 Å². The molecular formula is C32H40N8O6. The highest BCUT2D eigenvalue weighted by Gasteiger charge is 2.57. The summed E-state index contributed by atoms with van der Waals surface area (Å²) in [5.74, 6) is -1.07. The first kappa shape index (κ1) is 29.6. The molecular weight excluding hydrogens is 592 g/mol. The maximum Gasteiger partial charge on any atom is 0.262 e. The zero-order chi connectivity index (χ0) is 31.5. The number of piperazine rings is 1. The molecule has 6 heterocycles. The molecule has 0 bridgehead atoms. The molecule has 14 heteroatoms. The molecule has 1 spiro atoms. The van der Waals surface area contributed by atoms with Crippen LogP contribution >= 0.6 is 0 Å². The number of hydrogen-bond donors (Lipinski definition) is 1. The Labute approximate surface area is 266 Å². The van der Waals surface area contributed by atoms with Gasteiger partial charge in [-0.15, -0.1) is 5.10 Å². The Hall–Kier alpha value is -3.75. The van der Waals surface area contributed by atoms with Gasteiger partial charge in [0.1, 0.15) is 11.6 Å². The highest BCUT2D eigenvalue weighted by molar-refractivity contribution is 6.23. The van der Waals surface area contributed by atoms with Crippen molar-refractivity contribution in [2.24, 2.45) is 0 Å². The maximum atomic E-state index is 13.4. The van der Waals surface area contributed by atoms with Crippen LogP contribution in [0.1, 0.15) is 96.8 Å². The van der Waals surface area contributed by atoms with E-state index in [2.05, 4.69) is 30.2 Å². The number of piperidine rings is 1. The van der Waals surface area contributed by atoms with Gasteiger partial charge in [-0.05, 0) is 60.7 Å². The third-order valence-corrected chi connectivity index (χ3v) is 11.1. The quantitative estimate of drug-likeness (QED) is 0.478. The maximum absolute atomic E-state index is 13.4. The second-order valence-electron chi connectivity index (χ2n) is 13.7. The molecule has 1 saturated carbocycles. The van der Waals surface area contributed by atoms with Gasteiger partial charge in [-0.1, -0.05) is 19.3 Å². The predicted octanol–water partition coefficient (Wildman–Crippen LogP) is 1.57. The van der Waals surface area contributed by atoms with Gasteiger partial charge in [0.2, 0.25) is 11.8 Å². The summed E-state index contributed by atoms with van der Waals surface area (Å²) in [5.41, 5.74) is 0.737. The summed E-state index contributed by atoms with van der Waals surface area (Å²) in [4.78, 5) is 56.5. The summed E-state index contributed by atoms with van der Waals surface area (Å²) in [6.07, 6.45) is 8.57. The van der Waals surface area contributed by atoms with E-state index in [1.807, 2.05) is 6.07 Å². The normalized spacial score (nSPS) is 29.1. The molecule has 244 valence electrons. The lowest BCUT2D eigenvalue weighted by molar-refractivity contribution is -0.136. The van der Waals surface area contributed by atoms with Crippen molar-refractivity contribution in [3.05, 3.63) is 35.2 Å². The van der Waals surface area contributed by atoms with Gasteiger partial charge >= 0.3 is 0 Å². The zero-order valence-corrected chi connectivity index (χ0v) is 26.0. The van der Waals surface area contributed by atoms with Gasteiger partial charge in [0.05, 0.1) is 29.4 Å². The molecule has 8 rings (SSSR count). The van der Waals surface area contributed by atoms with Crippen LogP contribution in [-0.4, -0.2) is 111 Å². The summed E-state index contributed by atoms with van der Waals surface area (Å²) in [6, 6.07) is 4.65. The zero-order valence-electron chi connectivity index (χ0n) is 26.0. The van der Waals surface area contributed by atoms with Crippen molar-refractivity contribution in [1.29, 1.82) is 0 Å². The summed E-state index contributed by atoms with van der Waals surface area (Å²) >= 11 is 0. The minimum Gasteiger partial charge on any atom is -0.381 e. The predicted molar refractivity (Wildman–Crippen MR) is 162 cm³/mol. The van der Waals surface area contributed by atoms with Crippen LogP contribution in [0.3, 0.4) is 0 Å². The number of amides is 4. The van der Waals surface area contributed by atoms with Crippen molar-refractivity contribution in [3.8, 4) is 0 Å². The van der Waals surface area contributed by atoms with Crippen molar-refractivity contribution in [2.75, 3.05) is 50.9 Å². The van der Waals surface area contributed by atoms with E-state index in [4.69, 9.17) is 14.6 Å². The molecule has 1 aromatic carbocycles. The molecule has 1 aromatic heterocycles. The van der Waals surface area contributed by atoms with E-state index >= 15 is 0 Å². The number of tetrazole rings is 1. The molecule has 5 aliphatic heterocycles. The molecule has 2 aromatic rings. The van der Waals surface area contributed by atoms with Crippen LogP contribution in [0.15, 0.2) is 18.2 Å². The van der Waals surface area contributed by atoms with Crippen molar-refractivity contribution >= 4 is 29.3 Å². The Morgan fingerprint density at radius 2 is 1.65 bits per heavy atom. The first-order valence-corrected chi connectivity index (χ1v) is 16.7. The van der Waals surface area contributed by atoms with Crippen LogP contribution < -0.4 is 10.2 Å². The molecule has 14 nitrogen and oxygen atoms in total. The first-order valence-electron chi connectivity index (χ1n) is 16.7. The number of nitrogens with zero attached hydrogens (tertiary/aromatic N) is 7. The van der Waals surface area contributed by atoms with E-state index in [0.717, 1.165) is 61.6 Å². The summed E-state index contributed by atoms with van der Waals surface area (Å²) < 4.78 is 14.5. The lowest BCUT2D eigenvalue weighted by atomic mass is 9.81. The van der Waals surface area contributed by atoms with Gasteiger partial charge in [-0.3, -0.25) is 34.3 Å². The number of carbonyl (C=O) groups is 4. The molecule has 46 heavy (non-hydrogen) atoms. The fraction of sp³-hybridized carbons (Fsp3) is 0.656. The third kappa shape index (κ3) is 4.83. The number of benzene rings is 1. The third-order valence-electron chi connectivity index (χ3n) is 11.1. The van der Waals surface area contributed by atoms with Crippen molar-refractivity contribution in [2.45, 2.75) is 87.4 Å². The largest absolute Gasteiger partial charge is 0.381 e. The molecule has 6 aliphatic rings.